The molecule has 1 aromatic rings. The molecule has 1 aliphatic rings. The van der Waals surface area contributed by atoms with Crippen molar-refractivity contribution in [3.8, 4) is 0 Å². The normalized spacial score (nSPS) is 25.1. The quantitative estimate of drug-likeness (QED) is 0.744. The Labute approximate surface area is 93.3 Å². The number of aryl methyl sites for hydroxylation is 1. The lowest BCUT2D eigenvalue weighted by molar-refractivity contribution is 0.0572. The second kappa shape index (κ2) is 4.27. The van der Waals surface area contributed by atoms with Gasteiger partial charge in [0.05, 0.1) is 24.0 Å². The van der Waals surface area contributed by atoms with Gasteiger partial charge < -0.3 is 19.5 Å². The average molecular weight is 225 g/mol. The molecular weight excluding hydrogens is 210 g/mol. The fraction of sp³-hybridized carbons (Fsp3) is 0.545. The van der Waals surface area contributed by atoms with Gasteiger partial charge in [-0.25, -0.2) is 0 Å². The molecule has 0 bridgehead atoms. The van der Waals surface area contributed by atoms with Gasteiger partial charge in [0, 0.05) is 19.5 Å². The number of nitrogens with zero attached hydrogens (tertiary/aromatic N) is 1. The molecule has 5 heteroatoms. The summed E-state index contributed by atoms with van der Waals surface area (Å²) in [6.07, 6.45) is 0.434. The van der Waals surface area contributed by atoms with Crippen LogP contribution in [0.25, 0.3) is 0 Å². The van der Waals surface area contributed by atoms with Crippen molar-refractivity contribution >= 4 is 5.91 Å². The Morgan fingerprint density at radius 2 is 2.12 bits per heavy atom. The van der Waals surface area contributed by atoms with Crippen molar-refractivity contribution in [3.05, 3.63) is 23.7 Å². The van der Waals surface area contributed by atoms with Crippen LogP contribution in [0, 0.1) is 0 Å². The van der Waals surface area contributed by atoms with Crippen molar-refractivity contribution in [2.24, 2.45) is 0 Å². The number of β-amino-alcohol motifs (C(OH)–C–C–N with tert-alkyl or cyclic N) is 2. The number of carbonyl (C=O) groups is 1. The van der Waals surface area contributed by atoms with Crippen molar-refractivity contribution in [1.29, 1.82) is 0 Å². The van der Waals surface area contributed by atoms with Gasteiger partial charge in [-0.2, -0.15) is 0 Å². The standard InChI is InChI=1S/C11H15NO4/c1-2-10-7(3-4-16-10)11(15)12-5-8(13)9(14)6-12/h3-4,8-9,13-14H,2,5-6H2,1H3/t8-,9+. The molecule has 0 spiro atoms. The summed E-state index contributed by atoms with van der Waals surface area (Å²) in [4.78, 5) is 13.5. The van der Waals surface area contributed by atoms with Gasteiger partial charge in [-0.05, 0) is 6.07 Å². The SMILES string of the molecule is CCc1occc1C(=O)N1C[C@@H](O)[C@@H](O)C1. The van der Waals surface area contributed by atoms with E-state index in [9.17, 15) is 15.0 Å². The van der Waals surface area contributed by atoms with E-state index >= 15 is 0 Å². The van der Waals surface area contributed by atoms with E-state index < -0.39 is 12.2 Å². The molecule has 2 N–H and O–H groups in total. The Hall–Kier alpha value is -1.33. The fourth-order valence-electron chi connectivity index (χ4n) is 1.91. The molecular formula is C11H15NO4. The second-order valence-electron chi connectivity index (χ2n) is 3.96. The minimum Gasteiger partial charge on any atom is -0.469 e. The summed E-state index contributed by atoms with van der Waals surface area (Å²) in [6.45, 7) is 2.26. The number of aliphatic hydroxyl groups excluding tert-OH is 2. The lowest BCUT2D eigenvalue weighted by Gasteiger charge is -2.14. The van der Waals surface area contributed by atoms with Gasteiger partial charge in [-0.15, -0.1) is 0 Å². The lowest BCUT2D eigenvalue weighted by atomic mass is 10.2. The first kappa shape index (κ1) is 11.2. The summed E-state index contributed by atoms with van der Waals surface area (Å²) in [5.41, 5.74) is 0.517. The first-order valence-electron chi connectivity index (χ1n) is 5.35. The summed E-state index contributed by atoms with van der Waals surface area (Å²) in [7, 11) is 0. The smallest absolute Gasteiger partial charge is 0.257 e. The molecule has 5 nitrogen and oxygen atoms in total. The van der Waals surface area contributed by atoms with Crippen molar-refractivity contribution in [2.75, 3.05) is 13.1 Å². The molecule has 1 saturated heterocycles. The number of amides is 1. The van der Waals surface area contributed by atoms with Crippen LogP contribution in [-0.4, -0.2) is 46.3 Å². The van der Waals surface area contributed by atoms with E-state index in [1.807, 2.05) is 6.92 Å². The highest BCUT2D eigenvalue weighted by Gasteiger charge is 2.33. The Morgan fingerprint density at radius 1 is 1.50 bits per heavy atom. The van der Waals surface area contributed by atoms with Crippen LogP contribution in [-0.2, 0) is 6.42 Å². The molecule has 1 aliphatic heterocycles. The van der Waals surface area contributed by atoms with Crippen molar-refractivity contribution in [2.45, 2.75) is 25.6 Å². The van der Waals surface area contributed by atoms with Gasteiger partial charge in [-0.3, -0.25) is 4.79 Å². The molecule has 2 atom stereocenters. The van der Waals surface area contributed by atoms with Crippen LogP contribution in [0.15, 0.2) is 16.7 Å². The van der Waals surface area contributed by atoms with E-state index in [4.69, 9.17) is 4.42 Å². The highest BCUT2D eigenvalue weighted by Crippen LogP contribution is 2.18. The number of furan rings is 1. The number of likely N-dealkylation sites (tertiary alicyclic amines) is 1. The lowest BCUT2D eigenvalue weighted by Crippen LogP contribution is -2.30. The van der Waals surface area contributed by atoms with Crippen molar-refractivity contribution in [3.63, 3.8) is 0 Å². The molecule has 0 saturated carbocycles. The molecule has 2 rings (SSSR count). The van der Waals surface area contributed by atoms with E-state index in [2.05, 4.69) is 0 Å². The maximum absolute atomic E-state index is 12.0. The summed E-state index contributed by atoms with van der Waals surface area (Å²) in [5.74, 6) is 0.446. The zero-order valence-electron chi connectivity index (χ0n) is 9.09. The van der Waals surface area contributed by atoms with Crippen molar-refractivity contribution < 1.29 is 19.4 Å². The zero-order chi connectivity index (χ0) is 11.7. The monoisotopic (exact) mass is 225 g/mol. The average Bonchev–Trinajstić information content (AvgIpc) is 2.85. The zero-order valence-corrected chi connectivity index (χ0v) is 9.09. The number of aliphatic hydroxyl groups is 2. The predicted octanol–water partition coefficient (Wildman–Crippen LogP) is 0.0196. The maximum Gasteiger partial charge on any atom is 0.257 e. The third-order valence-electron chi connectivity index (χ3n) is 2.84. The van der Waals surface area contributed by atoms with Gasteiger partial charge in [-0.1, -0.05) is 6.92 Å². The Morgan fingerprint density at radius 3 is 2.69 bits per heavy atom. The molecule has 2 heterocycles. The second-order valence-corrected chi connectivity index (χ2v) is 3.96. The van der Waals surface area contributed by atoms with Gasteiger partial charge in [0.2, 0.25) is 0 Å². The Balaban J connectivity index is 2.14. The molecule has 88 valence electrons. The van der Waals surface area contributed by atoms with Crippen LogP contribution in [0.2, 0.25) is 0 Å². The van der Waals surface area contributed by atoms with E-state index in [1.165, 1.54) is 11.2 Å². The first-order valence-corrected chi connectivity index (χ1v) is 5.35. The molecule has 1 fully saturated rings. The minimum absolute atomic E-state index is 0.175. The fourth-order valence-corrected chi connectivity index (χ4v) is 1.91. The largest absolute Gasteiger partial charge is 0.469 e. The molecule has 0 radical (unpaired) electrons. The summed E-state index contributed by atoms with van der Waals surface area (Å²) < 4.78 is 5.18. The summed E-state index contributed by atoms with van der Waals surface area (Å²) in [5, 5.41) is 18.7. The first-order chi connectivity index (χ1) is 7.63. The third kappa shape index (κ3) is 1.83. The highest BCUT2D eigenvalue weighted by atomic mass is 16.3. The minimum atomic E-state index is -0.846. The predicted molar refractivity (Wildman–Crippen MR) is 56.0 cm³/mol. The molecule has 1 aromatic heterocycles. The maximum atomic E-state index is 12.0. The molecule has 0 aromatic carbocycles. The van der Waals surface area contributed by atoms with Gasteiger partial charge >= 0.3 is 0 Å². The van der Waals surface area contributed by atoms with E-state index in [-0.39, 0.29) is 19.0 Å². The molecule has 0 unspecified atom stereocenters. The van der Waals surface area contributed by atoms with E-state index in [0.717, 1.165) is 0 Å². The van der Waals surface area contributed by atoms with Crippen LogP contribution in [0.4, 0.5) is 0 Å². The van der Waals surface area contributed by atoms with Gasteiger partial charge in [0.1, 0.15) is 5.76 Å². The number of carbonyl (C=O) groups excluding carboxylic acids is 1. The molecule has 0 aliphatic carbocycles. The molecule has 16 heavy (non-hydrogen) atoms. The van der Waals surface area contributed by atoms with E-state index in [0.29, 0.717) is 17.7 Å². The number of hydrogen-bond donors (Lipinski definition) is 2. The van der Waals surface area contributed by atoms with Crippen LogP contribution >= 0.6 is 0 Å². The Bertz CT molecular complexity index is 377. The number of hydrogen-bond acceptors (Lipinski definition) is 4. The van der Waals surface area contributed by atoms with Gasteiger partial charge in [0.15, 0.2) is 0 Å². The van der Waals surface area contributed by atoms with E-state index in [1.54, 1.807) is 6.07 Å². The van der Waals surface area contributed by atoms with Crippen molar-refractivity contribution in [1.82, 2.24) is 4.90 Å². The highest BCUT2D eigenvalue weighted by molar-refractivity contribution is 5.95. The van der Waals surface area contributed by atoms with Crippen LogP contribution in [0.1, 0.15) is 23.0 Å². The molecule has 1 amide bonds. The summed E-state index contributed by atoms with van der Waals surface area (Å²) in [6, 6.07) is 1.62. The Kier molecular flexibility index (Phi) is 2.98. The number of rotatable bonds is 2. The van der Waals surface area contributed by atoms with Gasteiger partial charge in [0.25, 0.3) is 5.91 Å². The third-order valence-corrected chi connectivity index (χ3v) is 2.84. The van der Waals surface area contributed by atoms with Crippen LogP contribution in [0.5, 0.6) is 0 Å². The summed E-state index contributed by atoms with van der Waals surface area (Å²) >= 11 is 0. The van der Waals surface area contributed by atoms with Crippen LogP contribution in [0.3, 0.4) is 0 Å². The topological polar surface area (TPSA) is 73.9 Å². The van der Waals surface area contributed by atoms with Crippen LogP contribution < -0.4 is 0 Å².